The molecule has 2 N–H and O–H groups in total. The van der Waals surface area contributed by atoms with Crippen LogP contribution in [0.3, 0.4) is 0 Å². The quantitative estimate of drug-likeness (QED) is 0.598. The highest BCUT2D eigenvalue weighted by atomic mass is 19.4. The Balaban J connectivity index is 1.58. The summed E-state index contributed by atoms with van der Waals surface area (Å²) in [7, 11) is 0. The summed E-state index contributed by atoms with van der Waals surface area (Å²) in [5.41, 5.74) is -0.324. The lowest BCUT2D eigenvalue weighted by Crippen LogP contribution is -2.20. The van der Waals surface area contributed by atoms with E-state index >= 15 is 0 Å². The molecule has 0 saturated heterocycles. The second kappa shape index (κ2) is 8.73. The Morgan fingerprint density at radius 1 is 1.00 bits per heavy atom. The van der Waals surface area contributed by atoms with Gasteiger partial charge in [-0.3, -0.25) is 9.59 Å². The van der Waals surface area contributed by atoms with E-state index < -0.39 is 30.2 Å². The molecule has 156 valence electrons. The number of hydrogen-bond donors (Lipinski definition) is 2. The largest absolute Gasteiger partial charge is 0.484 e. The van der Waals surface area contributed by atoms with E-state index in [1.54, 1.807) is 24.3 Å². The Hall–Kier alpha value is -3.75. The molecule has 0 atom stereocenters. The summed E-state index contributed by atoms with van der Waals surface area (Å²) in [5, 5.41) is 4.99. The van der Waals surface area contributed by atoms with Crippen molar-refractivity contribution in [1.29, 1.82) is 0 Å². The highest BCUT2D eigenvalue weighted by Gasteiger charge is 2.32. The number of ether oxygens (including phenoxy) is 1. The molecule has 0 saturated carbocycles. The minimum Gasteiger partial charge on any atom is -0.484 e. The van der Waals surface area contributed by atoms with Crippen LogP contribution >= 0.6 is 0 Å². The predicted molar refractivity (Wildman–Crippen MR) is 103 cm³/mol. The summed E-state index contributed by atoms with van der Waals surface area (Å²) in [4.78, 5) is 24.0. The first kappa shape index (κ1) is 21.0. The zero-order chi connectivity index (χ0) is 21.7. The van der Waals surface area contributed by atoms with Crippen LogP contribution in [0.5, 0.6) is 5.75 Å². The van der Waals surface area contributed by atoms with Crippen molar-refractivity contribution in [2.24, 2.45) is 0 Å². The van der Waals surface area contributed by atoms with E-state index in [-0.39, 0.29) is 17.0 Å². The Morgan fingerprint density at radius 2 is 1.77 bits per heavy atom. The number of hydrogen-bond acceptors (Lipinski definition) is 4. The monoisotopic (exact) mass is 418 g/mol. The van der Waals surface area contributed by atoms with E-state index in [4.69, 9.17) is 9.15 Å². The number of aryl methyl sites for hydroxylation is 1. The minimum absolute atomic E-state index is 0.0148. The fourth-order valence-corrected chi connectivity index (χ4v) is 2.62. The molecule has 0 radical (unpaired) electrons. The van der Waals surface area contributed by atoms with Gasteiger partial charge in [-0.2, -0.15) is 13.2 Å². The highest BCUT2D eigenvalue weighted by Crippen LogP contribution is 2.33. The summed E-state index contributed by atoms with van der Waals surface area (Å²) >= 11 is 0. The lowest BCUT2D eigenvalue weighted by Gasteiger charge is -2.13. The molecule has 0 aliphatic heterocycles. The van der Waals surface area contributed by atoms with Gasteiger partial charge in [0.1, 0.15) is 5.75 Å². The van der Waals surface area contributed by atoms with Crippen LogP contribution in [0.2, 0.25) is 0 Å². The molecule has 30 heavy (non-hydrogen) atoms. The number of nitrogens with one attached hydrogen (secondary N) is 2. The van der Waals surface area contributed by atoms with Gasteiger partial charge in [-0.15, -0.1) is 0 Å². The third-order valence-corrected chi connectivity index (χ3v) is 4.03. The molecular formula is C21H17F3N2O4. The van der Waals surface area contributed by atoms with Crippen LogP contribution in [-0.4, -0.2) is 18.4 Å². The summed E-state index contributed by atoms with van der Waals surface area (Å²) in [6, 6.07) is 12.9. The molecule has 1 heterocycles. The zero-order valence-corrected chi connectivity index (χ0v) is 15.7. The molecule has 2 aromatic carbocycles. The number of halogens is 3. The molecule has 0 aliphatic carbocycles. The second-order valence-corrected chi connectivity index (χ2v) is 6.32. The van der Waals surface area contributed by atoms with Crippen molar-refractivity contribution in [3.8, 4) is 5.75 Å². The number of furan rings is 1. The Morgan fingerprint density at radius 3 is 2.47 bits per heavy atom. The molecule has 3 aromatic rings. The first-order valence-corrected chi connectivity index (χ1v) is 8.78. The smallest absolute Gasteiger partial charge is 0.416 e. The van der Waals surface area contributed by atoms with Gasteiger partial charge in [0, 0.05) is 17.4 Å². The third-order valence-electron chi connectivity index (χ3n) is 4.03. The van der Waals surface area contributed by atoms with Gasteiger partial charge in [-0.25, -0.2) is 0 Å². The van der Waals surface area contributed by atoms with Gasteiger partial charge in [0.15, 0.2) is 12.4 Å². The summed E-state index contributed by atoms with van der Waals surface area (Å²) < 4.78 is 49.3. The number of benzene rings is 2. The summed E-state index contributed by atoms with van der Waals surface area (Å²) in [6.45, 7) is 0.917. The number of alkyl halides is 3. The average molecular weight is 418 g/mol. The first-order chi connectivity index (χ1) is 14.2. The van der Waals surface area contributed by atoms with E-state index in [0.717, 1.165) is 6.07 Å². The van der Waals surface area contributed by atoms with Crippen molar-refractivity contribution in [2.45, 2.75) is 13.1 Å². The zero-order valence-electron chi connectivity index (χ0n) is 15.7. The standard InChI is InChI=1S/C21H17F3N2O4/c1-13-7-8-15(11-17(13)21(22,23)24)25-19(27)12-30-16-5-2-4-14(10-16)26-20(28)18-6-3-9-29-18/h2-11H,12H2,1H3,(H,25,27)(H,26,28). The molecule has 2 amide bonds. The molecule has 3 rings (SSSR count). The molecule has 9 heteroatoms. The van der Waals surface area contributed by atoms with Crippen molar-refractivity contribution < 1.29 is 31.9 Å². The van der Waals surface area contributed by atoms with Crippen molar-refractivity contribution in [1.82, 2.24) is 0 Å². The Bertz CT molecular complexity index is 1050. The number of carbonyl (C=O) groups is 2. The third kappa shape index (κ3) is 5.40. The first-order valence-electron chi connectivity index (χ1n) is 8.78. The maximum absolute atomic E-state index is 13.0. The minimum atomic E-state index is -4.51. The second-order valence-electron chi connectivity index (χ2n) is 6.32. The molecule has 6 nitrogen and oxygen atoms in total. The molecule has 1 aromatic heterocycles. The van der Waals surface area contributed by atoms with Crippen LogP contribution in [0, 0.1) is 6.92 Å². The van der Waals surface area contributed by atoms with E-state index in [0.29, 0.717) is 11.4 Å². The van der Waals surface area contributed by atoms with E-state index in [2.05, 4.69) is 10.6 Å². The van der Waals surface area contributed by atoms with Gasteiger partial charge in [0.25, 0.3) is 11.8 Å². The molecule has 0 bridgehead atoms. The number of anilines is 2. The van der Waals surface area contributed by atoms with Gasteiger partial charge < -0.3 is 19.8 Å². The number of amides is 2. The SMILES string of the molecule is Cc1ccc(NC(=O)COc2cccc(NC(=O)c3ccco3)c2)cc1C(F)(F)F. The van der Waals surface area contributed by atoms with Crippen LogP contribution in [0.1, 0.15) is 21.7 Å². The van der Waals surface area contributed by atoms with Crippen LogP contribution in [0.4, 0.5) is 24.5 Å². The van der Waals surface area contributed by atoms with E-state index in [1.165, 1.54) is 37.5 Å². The lowest BCUT2D eigenvalue weighted by molar-refractivity contribution is -0.138. The van der Waals surface area contributed by atoms with Gasteiger partial charge in [-0.1, -0.05) is 12.1 Å². The molecule has 0 spiro atoms. The molecule has 0 unspecified atom stereocenters. The Labute approximate surface area is 169 Å². The van der Waals surface area contributed by atoms with Gasteiger partial charge >= 0.3 is 6.18 Å². The summed E-state index contributed by atoms with van der Waals surface area (Å²) in [5.74, 6) is -0.647. The van der Waals surface area contributed by atoms with Gasteiger partial charge in [-0.05, 0) is 48.9 Å². The van der Waals surface area contributed by atoms with Gasteiger partial charge in [0.2, 0.25) is 0 Å². The average Bonchev–Trinajstić information content (AvgIpc) is 3.22. The normalized spacial score (nSPS) is 11.1. The predicted octanol–water partition coefficient (Wildman–Crippen LogP) is 4.88. The fraction of sp³-hybridized carbons (Fsp3) is 0.143. The molecular weight excluding hydrogens is 401 g/mol. The van der Waals surface area contributed by atoms with Crippen molar-refractivity contribution in [3.05, 3.63) is 77.7 Å². The topological polar surface area (TPSA) is 80.6 Å². The fourth-order valence-electron chi connectivity index (χ4n) is 2.62. The Kier molecular flexibility index (Phi) is 6.10. The maximum Gasteiger partial charge on any atom is 0.416 e. The maximum atomic E-state index is 13.0. The number of carbonyl (C=O) groups excluding carboxylic acids is 2. The molecule has 0 fully saturated rings. The van der Waals surface area contributed by atoms with Crippen LogP contribution in [-0.2, 0) is 11.0 Å². The van der Waals surface area contributed by atoms with E-state index in [9.17, 15) is 22.8 Å². The van der Waals surface area contributed by atoms with Gasteiger partial charge in [0.05, 0.1) is 11.8 Å². The van der Waals surface area contributed by atoms with Crippen LogP contribution in [0.25, 0.3) is 0 Å². The summed E-state index contributed by atoms with van der Waals surface area (Å²) in [6.07, 6.45) is -3.14. The lowest BCUT2D eigenvalue weighted by atomic mass is 10.1. The van der Waals surface area contributed by atoms with E-state index in [1.807, 2.05) is 0 Å². The highest BCUT2D eigenvalue weighted by molar-refractivity contribution is 6.02. The molecule has 0 aliphatic rings. The van der Waals surface area contributed by atoms with Crippen molar-refractivity contribution >= 4 is 23.2 Å². The van der Waals surface area contributed by atoms with Crippen LogP contribution < -0.4 is 15.4 Å². The van der Waals surface area contributed by atoms with Crippen molar-refractivity contribution in [2.75, 3.05) is 17.2 Å². The van der Waals surface area contributed by atoms with Crippen molar-refractivity contribution in [3.63, 3.8) is 0 Å². The van der Waals surface area contributed by atoms with Crippen LogP contribution in [0.15, 0.2) is 65.3 Å². The number of rotatable bonds is 6.